The summed E-state index contributed by atoms with van der Waals surface area (Å²) >= 11 is 0. The van der Waals surface area contributed by atoms with Gasteiger partial charge in [-0.3, -0.25) is 0 Å². The number of unbranched alkanes of at least 4 members (excludes halogenated alkanes) is 6. The molecule has 0 amide bonds. The summed E-state index contributed by atoms with van der Waals surface area (Å²) in [6.45, 7) is 12.0. The van der Waals surface area contributed by atoms with Crippen LogP contribution in [0.3, 0.4) is 0 Å². The Morgan fingerprint density at radius 2 is 1.11 bits per heavy atom. The van der Waals surface area contributed by atoms with Crippen LogP contribution in [0.1, 0.15) is 105 Å². The molecule has 0 aromatic carbocycles. The molecule has 0 aliphatic heterocycles. The Morgan fingerprint density at radius 3 is 1.42 bits per heavy atom. The van der Waals surface area contributed by atoms with Crippen LogP contribution < -0.4 is 0 Å². The molecule has 1 heteroatoms. The smallest absolute Gasteiger partial charge is 0.0664 e. The van der Waals surface area contributed by atoms with Gasteiger partial charge in [-0.15, -0.1) is 0 Å². The van der Waals surface area contributed by atoms with Crippen molar-refractivity contribution in [2.75, 3.05) is 0 Å². The van der Waals surface area contributed by atoms with Gasteiger partial charge in [-0.1, -0.05) is 97.7 Å². The number of hydrogen-bond donors (Lipinski definition) is 0. The molecule has 1 unspecified atom stereocenters. The van der Waals surface area contributed by atoms with E-state index < -0.39 is 0 Å². The minimum Gasteiger partial charge on any atom is -0.0664 e. The van der Waals surface area contributed by atoms with Gasteiger partial charge in [-0.05, 0) is 18.3 Å². The van der Waals surface area contributed by atoms with Gasteiger partial charge < -0.3 is 0 Å². The van der Waals surface area contributed by atoms with Crippen LogP contribution in [0.2, 0.25) is 5.31 Å². The standard InChI is InChI=1S/C18H39B/c1-6-9-11-13-15-17(4,18(5,19)8-3)16-14-12-10-7-2/h6-16,19H2,1-5H3. The molecule has 0 nitrogen and oxygen atoms in total. The van der Waals surface area contributed by atoms with E-state index >= 15 is 0 Å². The Morgan fingerprint density at radius 1 is 0.684 bits per heavy atom. The van der Waals surface area contributed by atoms with Crippen molar-refractivity contribution >= 4 is 7.85 Å². The molecule has 0 aliphatic rings. The van der Waals surface area contributed by atoms with Crippen LogP contribution >= 0.6 is 0 Å². The highest BCUT2D eigenvalue weighted by atomic mass is 14.4. The summed E-state index contributed by atoms with van der Waals surface area (Å²) in [5.41, 5.74) is 0.545. The van der Waals surface area contributed by atoms with Crippen LogP contribution in [-0.4, -0.2) is 7.85 Å². The van der Waals surface area contributed by atoms with Crippen molar-refractivity contribution in [2.45, 2.75) is 111 Å². The fourth-order valence-electron chi connectivity index (χ4n) is 3.11. The highest BCUT2D eigenvalue weighted by Gasteiger charge is 2.38. The van der Waals surface area contributed by atoms with Crippen molar-refractivity contribution < 1.29 is 0 Å². The summed E-state index contributed by atoms with van der Waals surface area (Å²) in [6, 6.07) is 0. The first kappa shape index (κ1) is 19.1. The average molecular weight is 266 g/mol. The molecule has 19 heavy (non-hydrogen) atoms. The van der Waals surface area contributed by atoms with Gasteiger partial charge in [0.15, 0.2) is 0 Å². The minimum absolute atomic E-state index is 0.491. The fourth-order valence-corrected chi connectivity index (χ4v) is 3.11. The first-order chi connectivity index (χ1) is 8.93. The van der Waals surface area contributed by atoms with Crippen LogP contribution in [0, 0.1) is 5.41 Å². The van der Waals surface area contributed by atoms with Crippen LogP contribution in [0.25, 0.3) is 0 Å². The van der Waals surface area contributed by atoms with E-state index in [9.17, 15) is 0 Å². The Kier molecular flexibility index (Phi) is 9.92. The summed E-state index contributed by atoms with van der Waals surface area (Å²) in [6.07, 6.45) is 15.4. The van der Waals surface area contributed by atoms with Gasteiger partial charge in [0, 0.05) is 0 Å². The lowest BCUT2D eigenvalue weighted by atomic mass is 9.50. The van der Waals surface area contributed by atoms with E-state index in [1.54, 1.807) is 0 Å². The Bertz CT molecular complexity index is 196. The quantitative estimate of drug-likeness (QED) is 0.293. The van der Waals surface area contributed by atoms with Crippen LogP contribution in [0.15, 0.2) is 0 Å². The maximum Gasteiger partial charge on any atom is 0.109 e. The zero-order chi connectivity index (χ0) is 14.8. The lowest BCUT2D eigenvalue weighted by Crippen LogP contribution is -2.32. The Hall–Kier alpha value is 0.0649. The minimum atomic E-state index is 0.491. The van der Waals surface area contributed by atoms with Gasteiger partial charge in [0.1, 0.15) is 7.85 Å². The lowest BCUT2D eigenvalue weighted by molar-refractivity contribution is 0.166. The van der Waals surface area contributed by atoms with Gasteiger partial charge in [0.2, 0.25) is 0 Å². The van der Waals surface area contributed by atoms with E-state index in [4.69, 9.17) is 0 Å². The molecule has 0 heterocycles. The molecule has 1 atom stereocenters. The fraction of sp³-hybridized carbons (Fsp3) is 1.00. The molecule has 0 fully saturated rings. The van der Waals surface area contributed by atoms with Crippen molar-refractivity contribution in [1.29, 1.82) is 0 Å². The normalized spacial score (nSPS) is 15.4. The van der Waals surface area contributed by atoms with Crippen LogP contribution in [0.4, 0.5) is 0 Å². The third kappa shape index (κ3) is 6.86. The molecule has 0 aromatic heterocycles. The van der Waals surface area contributed by atoms with Gasteiger partial charge >= 0.3 is 0 Å². The second-order valence-corrected chi connectivity index (χ2v) is 7.42. The maximum absolute atomic E-state index is 2.56. The van der Waals surface area contributed by atoms with Gasteiger partial charge in [0.05, 0.1) is 0 Å². The summed E-state index contributed by atoms with van der Waals surface area (Å²) < 4.78 is 0. The maximum atomic E-state index is 2.56. The molecule has 0 aliphatic carbocycles. The summed E-state index contributed by atoms with van der Waals surface area (Å²) in [7, 11) is 2.49. The van der Waals surface area contributed by atoms with Crippen molar-refractivity contribution in [3.8, 4) is 0 Å². The highest BCUT2D eigenvalue weighted by molar-refractivity contribution is 6.15. The van der Waals surface area contributed by atoms with Gasteiger partial charge in [-0.25, -0.2) is 0 Å². The predicted octanol–water partition coefficient (Wildman–Crippen LogP) is 6.16. The number of hydrogen-bond acceptors (Lipinski definition) is 0. The molecular weight excluding hydrogens is 227 g/mol. The Labute approximate surface area is 124 Å². The molecule has 0 bridgehead atoms. The largest absolute Gasteiger partial charge is 0.109 e. The number of rotatable bonds is 12. The van der Waals surface area contributed by atoms with E-state index in [1.165, 1.54) is 70.6 Å². The zero-order valence-corrected chi connectivity index (χ0v) is 14.8. The van der Waals surface area contributed by atoms with Crippen LogP contribution in [0.5, 0.6) is 0 Å². The third-order valence-electron chi connectivity index (χ3n) is 5.68. The zero-order valence-electron chi connectivity index (χ0n) is 14.8. The predicted molar refractivity (Wildman–Crippen MR) is 92.8 cm³/mol. The van der Waals surface area contributed by atoms with E-state index in [2.05, 4.69) is 42.5 Å². The van der Waals surface area contributed by atoms with E-state index in [0.717, 1.165) is 0 Å². The molecule has 0 N–H and O–H groups in total. The van der Waals surface area contributed by atoms with E-state index in [1.807, 2.05) is 0 Å². The van der Waals surface area contributed by atoms with Crippen molar-refractivity contribution in [3.63, 3.8) is 0 Å². The van der Waals surface area contributed by atoms with Crippen LogP contribution in [-0.2, 0) is 0 Å². The summed E-state index contributed by atoms with van der Waals surface area (Å²) in [5.74, 6) is 0. The molecule has 0 spiro atoms. The first-order valence-corrected chi connectivity index (χ1v) is 8.93. The Balaban J connectivity index is 4.36. The van der Waals surface area contributed by atoms with E-state index in [0.29, 0.717) is 10.7 Å². The molecule has 0 rings (SSSR count). The van der Waals surface area contributed by atoms with Crippen molar-refractivity contribution in [1.82, 2.24) is 0 Å². The average Bonchev–Trinajstić information content (AvgIpc) is 2.39. The molecule has 0 aromatic rings. The molecule has 114 valence electrons. The SMILES string of the molecule is BC(C)(CC)C(C)(CCCCCC)CCCCCC. The lowest BCUT2D eigenvalue weighted by Gasteiger charge is -2.45. The summed E-state index contributed by atoms with van der Waals surface area (Å²) in [5, 5.41) is 0.491. The molecule has 0 radical (unpaired) electrons. The van der Waals surface area contributed by atoms with Gasteiger partial charge in [0.25, 0.3) is 0 Å². The second-order valence-electron chi connectivity index (χ2n) is 7.42. The summed E-state index contributed by atoms with van der Waals surface area (Å²) in [4.78, 5) is 0. The highest BCUT2D eigenvalue weighted by Crippen LogP contribution is 2.52. The van der Waals surface area contributed by atoms with E-state index in [-0.39, 0.29) is 0 Å². The molecule has 0 saturated heterocycles. The van der Waals surface area contributed by atoms with Gasteiger partial charge in [-0.2, -0.15) is 0 Å². The third-order valence-corrected chi connectivity index (χ3v) is 5.68. The monoisotopic (exact) mass is 266 g/mol. The molecular formula is C18H39B. The van der Waals surface area contributed by atoms with Crippen molar-refractivity contribution in [3.05, 3.63) is 0 Å². The topological polar surface area (TPSA) is 0 Å². The first-order valence-electron chi connectivity index (χ1n) is 8.93. The second kappa shape index (κ2) is 9.89. The molecule has 0 saturated carbocycles. The van der Waals surface area contributed by atoms with Crippen molar-refractivity contribution in [2.24, 2.45) is 5.41 Å².